The fourth-order valence-electron chi connectivity index (χ4n) is 2.27. The van der Waals surface area contributed by atoms with E-state index in [2.05, 4.69) is 4.98 Å². The number of anilines is 1. The lowest BCUT2D eigenvalue weighted by Gasteiger charge is -2.32. The Morgan fingerprint density at radius 3 is 2.36 bits per heavy atom. The molecular formula is C15H23BN2O6S. The highest BCUT2D eigenvalue weighted by Crippen LogP contribution is 2.36. The molecule has 0 amide bonds. The number of carbonyl (C=O) groups excluding carboxylic acids is 1. The Morgan fingerprint density at radius 1 is 1.24 bits per heavy atom. The normalized spacial score (nSPS) is 18.4. The van der Waals surface area contributed by atoms with Crippen molar-refractivity contribution in [1.82, 2.24) is 4.98 Å². The smallest absolute Gasteiger partial charge is 0.465 e. The van der Waals surface area contributed by atoms with E-state index in [1.807, 2.05) is 27.7 Å². The van der Waals surface area contributed by atoms with E-state index < -0.39 is 41.7 Å². The fourth-order valence-corrected chi connectivity index (χ4v) is 2.80. The number of hydrogen-bond donors (Lipinski definition) is 1. The van der Waals surface area contributed by atoms with Crippen molar-refractivity contribution in [3.8, 4) is 0 Å². The monoisotopic (exact) mass is 370 g/mol. The number of nitrogens with zero attached hydrogens (tertiary/aromatic N) is 2. The minimum Gasteiger partial charge on any atom is -0.465 e. The summed E-state index contributed by atoms with van der Waals surface area (Å²) in [5, 5.41) is 0. The summed E-state index contributed by atoms with van der Waals surface area (Å²) in [6.45, 7) is 9.10. The average molecular weight is 370 g/mol. The maximum Gasteiger partial charge on any atom is 0.496 e. The van der Waals surface area contributed by atoms with Crippen LogP contribution in [0.5, 0.6) is 0 Å². The van der Waals surface area contributed by atoms with E-state index in [9.17, 15) is 13.2 Å². The number of ether oxygens (including phenoxy) is 1. The van der Waals surface area contributed by atoms with Crippen LogP contribution in [0.4, 0.5) is 5.69 Å². The van der Waals surface area contributed by atoms with E-state index in [1.54, 1.807) is 19.2 Å². The summed E-state index contributed by atoms with van der Waals surface area (Å²) in [4.78, 5) is 15.7. The maximum atomic E-state index is 11.6. The lowest BCUT2D eigenvalue weighted by atomic mass is 9.80. The molecule has 2 heterocycles. The van der Waals surface area contributed by atoms with Crippen LogP contribution in [0, 0.1) is 0 Å². The molecule has 0 unspecified atom stereocenters. The van der Waals surface area contributed by atoms with Gasteiger partial charge in [-0.05, 0) is 40.7 Å². The van der Waals surface area contributed by atoms with Gasteiger partial charge in [0.25, 0.3) is 0 Å². The first-order valence-corrected chi connectivity index (χ1v) is 9.08. The van der Waals surface area contributed by atoms with Gasteiger partial charge < -0.3 is 14.0 Å². The van der Waals surface area contributed by atoms with Gasteiger partial charge >= 0.3 is 13.1 Å². The average Bonchev–Trinajstić information content (AvgIpc) is 2.73. The second kappa shape index (κ2) is 7.31. The summed E-state index contributed by atoms with van der Waals surface area (Å²) in [5.74, 6) is -0.636. The molecule has 1 saturated heterocycles. The maximum absolute atomic E-state index is 11.6. The lowest BCUT2D eigenvalue weighted by molar-refractivity contribution is -0.141. The minimum atomic E-state index is -3.04. The van der Waals surface area contributed by atoms with Crippen LogP contribution in [0.2, 0.25) is 0 Å². The SMILES string of the molecule is CCOC(=O)CN(c1cncc(B2OC(C)(C)C(C)(C)O2)c1)[SH](=O)=O. The van der Waals surface area contributed by atoms with Crippen molar-refractivity contribution < 1.29 is 27.3 Å². The number of hydrogen-bond acceptors (Lipinski definition) is 7. The second-order valence-corrected chi connectivity index (χ2v) is 7.62. The highest BCUT2D eigenvalue weighted by molar-refractivity contribution is 7.74. The van der Waals surface area contributed by atoms with Gasteiger partial charge in [0.05, 0.1) is 29.7 Å². The van der Waals surface area contributed by atoms with Crippen molar-refractivity contribution in [2.24, 2.45) is 0 Å². The molecule has 0 bridgehead atoms. The molecule has 10 heteroatoms. The van der Waals surface area contributed by atoms with Crippen LogP contribution in [0.3, 0.4) is 0 Å². The van der Waals surface area contributed by atoms with Gasteiger partial charge in [-0.15, -0.1) is 0 Å². The summed E-state index contributed by atoms with van der Waals surface area (Å²) in [5.41, 5.74) is -0.234. The van der Waals surface area contributed by atoms with E-state index in [1.165, 1.54) is 6.20 Å². The molecule has 1 aliphatic heterocycles. The molecule has 0 N–H and O–H groups in total. The number of esters is 1. The van der Waals surface area contributed by atoms with Gasteiger partial charge in [0.2, 0.25) is 10.9 Å². The summed E-state index contributed by atoms with van der Waals surface area (Å²) < 4.78 is 40.7. The summed E-state index contributed by atoms with van der Waals surface area (Å²) in [6.07, 6.45) is 2.91. The molecule has 0 saturated carbocycles. The van der Waals surface area contributed by atoms with Crippen molar-refractivity contribution >= 4 is 35.1 Å². The second-order valence-electron chi connectivity index (χ2n) is 6.67. The Kier molecular flexibility index (Phi) is 5.75. The van der Waals surface area contributed by atoms with Crippen LogP contribution < -0.4 is 9.77 Å². The topological polar surface area (TPSA) is 95.0 Å². The molecule has 138 valence electrons. The van der Waals surface area contributed by atoms with Gasteiger partial charge in [-0.2, -0.15) is 0 Å². The number of thiol groups is 1. The molecule has 0 radical (unpaired) electrons. The van der Waals surface area contributed by atoms with Gasteiger partial charge in [-0.1, -0.05) is 0 Å². The van der Waals surface area contributed by atoms with E-state index in [4.69, 9.17) is 14.0 Å². The molecule has 0 spiro atoms. The van der Waals surface area contributed by atoms with Crippen LogP contribution in [0.1, 0.15) is 34.6 Å². The summed E-state index contributed by atoms with van der Waals surface area (Å²) >= 11 is 0. The van der Waals surface area contributed by atoms with E-state index >= 15 is 0 Å². The number of carbonyl (C=O) groups is 1. The zero-order valence-corrected chi connectivity index (χ0v) is 15.9. The molecule has 0 atom stereocenters. The zero-order chi connectivity index (χ0) is 18.8. The molecule has 1 aromatic rings. The van der Waals surface area contributed by atoms with Gasteiger partial charge in [0.1, 0.15) is 6.54 Å². The van der Waals surface area contributed by atoms with Crippen LogP contribution in [0.15, 0.2) is 18.5 Å². The Morgan fingerprint density at radius 2 is 1.84 bits per heavy atom. The minimum absolute atomic E-state index is 0.175. The molecular weight excluding hydrogens is 347 g/mol. The van der Waals surface area contributed by atoms with Gasteiger partial charge in [-0.3, -0.25) is 14.1 Å². The van der Waals surface area contributed by atoms with Crippen molar-refractivity contribution in [3.63, 3.8) is 0 Å². The Balaban J connectivity index is 2.27. The molecule has 2 rings (SSSR count). The van der Waals surface area contributed by atoms with Crippen LogP contribution >= 0.6 is 0 Å². The fraction of sp³-hybridized carbons (Fsp3) is 0.600. The predicted octanol–water partition coefficient (Wildman–Crippen LogP) is 0.277. The summed E-state index contributed by atoms with van der Waals surface area (Å²) in [7, 11) is -3.71. The Hall–Kier alpha value is -1.65. The highest BCUT2D eigenvalue weighted by atomic mass is 32.2. The van der Waals surface area contributed by atoms with Crippen LogP contribution in [-0.2, 0) is 29.7 Å². The lowest BCUT2D eigenvalue weighted by Crippen LogP contribution is -2.41. The Labute approximate surface area is 149 Å². The highest BCUT2D eigenvalue weighted by Gasteiger charge is 2.51. The van der Waals surface area contributed by atoms with Gasteiger partial charge in [0.15, 0.2) is 0 Å². The van der Waals surface area contributed by atoms with Gasteiger partial charge in [0, 0.05) is 11.7 Å². The first-order valence-electron chi connectivity index (χ1n) is 7.95. The Bertz CT molecular complexity index is 698. The molecule has 1 aliphatic rings. The standard InChI is InChI=1S/C15H23BN2O6S/c1-6-22-13(19)10-18(25(20)21)12-7-11(8-17-9-12)16-23-14(2,3)15(4,5)24-16/h7-9,25H,6,10H2,1-5H3. The molecule has 1 aromatic heterocycles. The van der Waals surface area contributed by atoms with Gasteiger partial charge in [-0.25, -0.2) is 8.42 Å². The zero-order valence-electron chi connectivity index (χ0n) is 15.0. The molecule has 25 heavy (non-hydrogen) atoms. The first-order chi connectivity index (χ1) is 11.6. The third kappa shape index (κ3) is 4.31. The van der Waals surface area contributed by atoms with Crippen LogP contribution in [-0.4, -0.2) is 50.8 Å². The van der Waals surface area contributed by atoms with Crippen molar-refractivity contribution in [2.75, 3.05) is 17.5 Å². The van der Waals surface area contributed by atoms with E-state index in [0.29, 0.717) is 5.46 Å². The quantitative estimate of drug-likeness (QED) is 0.437. The number of rotatable bonds is 6. The first kappa shape index (κ1) is 19.7. The molecule has 1 fully saturated rings. The summed E-state index contributed by atoms with van der Waals surface area (Å²) in [6, 6.07) is 1.58. The van der Waals surface area contributed by atoms with E-state index in [-0.39, 0.29) is 12.3 Å². The van der Waals surface area contributed by atoms with Crippen molar-refractivity contribution in [2.45, 2.75) is 45.8 Å². The third-order valence-corrected chi connectivity index (χ3v) is 5.12. The molecule has 8 nitrogen and oxygen atoms in total. The van der Waals surface area contributed by atoms with Crippen molar-refractivity contribution in [1.29, 1.82) is 0 Å². The molecule has 0 aliphatic carbocycles. The van der Waals surface area contributed by atoms with Crippen LogP contribution in [0.25, 0.3) is 0 Å². The molecule has 0 aromatic carbocycles. The largest absolute Gasteiger partial charge is 0.496 e. The predicted molar refractivity (Wildman–Crippen MR) is 94.2 cm³/mol. The number of aromatic nitrogens is 1. The number of pyridine rings is 1. The third-order valence-electron chi connectivity index (χ3n) is 4.35. The van der Waals surface area contributed by atoms with Crippen molar-refractivity contribution in [3.05, 3.63) is 18.5 Å². The van der Waals surface area contributed by atoms with E-state index in [0.717, 1.165) is 4.31 Å².